The molecule has 0 aromatic rings. The second-order valence-electron chi connectivity index (χ2n) is 17.0. The third-order valence-corrected chi connectivity index (χ3v) is 13.1. The summed E-state index contributed by atoms with van der Waals surface area (Å²) in [6.45, 7) is 2.94. The molecule has 5 unspecified atom stereocenters. The molecule has 8 N–H and O–H groups in total. The fraction of sp³-hybridized carbons (Fsp3) is 0.907. The van der Waals surface area contributed by atoms with Crippen LogP contribution in [0.1, 0.15) is 194 Å². The van der Waals surface area contributed by atoms with Crippen molar-refractivity contribution >= 4 is 35.4 Å². The molecule has 384 valence electrons. The molecule has 22 heteroatoms. The third-order valence-electron chi connectivity index (χ3n) is 11.1. The molecule has 65 heavy (non-hydrogen) atoms. The van der Waals surface area contributed by atoms with Crippen LogP contribution >= 0.6 is 23.5 Å². The number of allylic oxidation sites excluding steroid dienone is 2. The molecule has 1 aliphatic rings. The second kappa shape index (κ2) is 35.9. The maximum Gasteiger partial charge on any atom is 0.472 e. The predicted octanol–water partition coefficient (Wildman–Crippen LogP) is 8.51. The van der Waals surface area contributed by atoms with Gasteiger partial charge < -0.3 is 49.3 Å². The molecule has 19 nitrogen and oxygen atoms in total. The smallest absolute Gasteiger partial charge is 0.462 e. The summed E-state index contributed by atoms with van der Waals surface area (Å²) in [5.74, 6) is -1.30. The third kappa shape index (κ3) is 32.4. The number of esters is 2. The zero-order valence-electron chi connectivity index (χ0n) is 38.8. The molecule has 0 aliphatic heterocycles. The van der Waals surface area contributed by atoms with Gasteiger partial charge in [-0.3, -0.25) is 27.7 Å². The van der Waals surface area contributed by atoms with E-state index in [0.29, 0.717) is 12.8 Å². The normalized spacial score (nSPS) is 21.9. The van der Waals surface area contributed by atoms with Crippen molar-refractivity contribution in [3.05, 3.63) is 12.2 Å². The van der Waals surface area contributed by atoms with Crippen LogP contribution in [0.5, 0.6) is 0 Å². The van der Waals surface area contributed by atoms with Crippen LogP contribution in [0, 0.1) is 0 Å². The molecule has 0 aromatic carbocycles. The largest absolute Gasteiger partial charge is 0.472 e. The van der Waals surface area contributed by atoms with E-state index in [4.69, 9.17) is 18.5 Å². The van der Waals surface area contributed by atoms with Crippen LogP contribution in [-0.2, 0) is 50.9 Å². The summed E-state index contributed by atoms with van der Waals surface area (Å²) < 4.78 is 65.4. The number of aliphatic hydroxyl groups is 3. The van der Waals surface area contributed by atoms with E-state index in [1.165, 1.54) is 89.9 Å². The van der Waals surface area contributed by atoms with E-state index in [1.807, 2.05) is 0 Å². The van der Waals surface area contributed by atoms with Crippen molar-refractivity contribution < 1.29 is 90.6 Å². The zero-order valence-corrected chi connectivity index (χ0v) is 41.5. The monoisotopic (exact) mass is 996 g/mol. The Balaban J connectivity index is 2.73. The van der Waals surface area contributed by atoms with Crippen molar-refractivity contribution in [2.45, 2.75) is 236 Å². The summed E-state index contributed by atoms with van der Waals surface area (Å²) in [4.78, 5) is 73.1. The van der Waals surface area contributed by atoms with Gasteiger partial charge in [-0.15, -0.1) is 0 Å². The Labute approximate surface area is 386 Å². The van der Waals surface area contributed by atoms with Crippen LogP contribution in [0.4, 0.5) is 0 Å². The van der Waals surface area contributed by atoms with Crippen LogP contribution in [0.15, 0.2) is 12.2 Å². The molecule has 0 radical (unpaired) electrons. The van der Waals surface area contributed by atoms with Crippen LogP contribution in [0.3, 0.4) is 0 Å². The number of ether oxygens (including phenoxy) is 2. The zero-order chi connectivity index (χ0) is 48.6. The lowest BCUT2D eigenvalue weighted by atomic mass is 9.85. The van der Waals surface area contributed by atoms with E-state index in [-0.39, 0.29) is 12.8 Å². The topological polar surface area (TPSA) is 303 Å². The lowest BCUT2D eigenvalue weighted by molar-refractivity contribution is -0.213. The standard InChI is InChI=1S/C43H83O19P3/c1-3-5-7-9-11-13-15-17-18-20-21-23-25-27-29-31-36(44)57-33-35(59-37(45)32-30-28-26-24-22-19-16-14-12-10-8-6-4-2)34-58-65(55,56)62-41-38(46)39(47)42(60-63(49,50)51)43(40(41)48)61-64(52,53)54/h17-18,35,38-43,46-48H,3-16,19-34H2,1-2H3,(H,55,56)(H2,49,50,51)(H2,52,53,54)/t35-,38?,39?,40?,41+,42?,43+/m1/s1. The number of phosphoric acid groups is 3. The summed E-state index contributed by atoms with van der Waals surface area (Å²) in [5, 5.41) is 31.8. The molecular weight excluding hydrogens is 913 g/mol. The van der Waals surface area contributed by atoms with Gasteiger partial charge in [-0.1, -0.05) is 154 Å². The first-order valence-electron chi connectivity index (χ1n) is 24.0. The van der Waals surface area contributed by atoms with E-state index in [9.17, 15) is 63.1 Å². The Morgan fingerprint density at radius 2 is 0.846 bits per heavy atom. The highest BCUT2D eigenvalue weighted by Gasteiger charge is 2.56. The molecule has 1 fully saturated rings. The molecule has 0 bridgehead atoms. The van der Waals surface area contributed by atoms with Gasteiger partial charge in [0.05, 0.1) is 6.61 Å². The Kier molecular flexibility index (Phi) is 34.2. The highest BCUT2D eigenvalue weighted by atomic mass is 31.2. The number of carbonyl (C=O) groups is 2. The summed E-state index contributed by atoms with van der Waals surface area (Å²) in [7, 11) is -16.6. The average molecular weight is 997 g/mol. The van der Waals surface area contributed by atoms with Gasteiger partial charge in [0.15, 0.2) is 6.10 Å². The minimum atomic E-state index is -5.60. The first-order valence-corrected chi connectivity index (χ1v) is 28.5. The van der Waals surface area contributed by atoms with Crippen molar-refractivity contribution in [2.24, 2.45) is 0 Å². The first kappa shape index (κ1) is 61.9. The Bertz CT molecular complexity index is 1420. The lowest BCUT2D eigenvalue weighted by Crippen LogP contribution is -2.65. The fourth-order valence-corrected chi connectivity index (χ4v) is 9.56. The maximum atomic E-state index is 13.1. The summed E-state index contributed by atoms with van der Waals surface area (Å²) in [6.07, 6.45) is 16.6. The van der Waals surface area contributed by atoms with Gasteiger partial charge in [0.1, 0.15) is 43.2 Å². The molecule has 8 atom stereocenters. The van der Waals surface area contributed by atoms with Crippen molar-refractivity contribution in [1.82, 2.24) is 0 Å². The number of carbonyl (C=O) groups excluding carboxylic acids is 2. The molecule has 1 aliphatic carbocycles. The molecular formula is C43H83O19P3. The molecule has 0 aromatic heterocycles. The summed E-state index contributed by atoms with van der Waals surface area (Å²) in [5.41, 5.74) is 0. The fourth-order valence-electron chi connectivity index (χ4n) is 7.46. The molecule has 0 amide bonds. The van der Waals surface area contributed by atoms with Crippen molar-refractivity contribution in [2.75, 3.05) is 13.2 Å². The van der Waals surface area contributed by atoms with Gasteiger partial charge in [0, 0.05) is 12.8 Å². The summed E-state index contributed by atoms with van der Waals surface area (Å²) >= 11 is 0. The van der Waals surface area contributed by atoms with E-state index < -0.39 is 91.3 Å². The SMILES string of the molecule is CCCCCCCCC=CCCCCCCCC(=O)OC[C@H](COP(=O)(O)O[C@H]1C(O)C(O)C(OP(=O)(O)O)[C@@H](OP(=O)(O)O)C1O)OC(=O)CCCCCCCCCCCCCCC. The van der Waals surface area contributed by atoms with Gasteiger partial charge in [-0.05, 0) is 38.5 Å². The first-order chi connectivity index (χ1) is 30.8. The maximum absolute atomic E-state index is 13.1. The van der Waals surface area contributed by atoms with Crippen LogP contribution in [0.2, 0.25) is 0 Å². The number of hydrogen-bond donors (Lipinski definition) is 8. The van der Waals surface area contributed by atoms with E-state index in [1.54, 1.807) is 0 Å². The molecule has 0 heterocycles. The van der Waals surface area contributed by atoms with E-state index >= 15 is 0 Å². The van der Waals surface area contributed by atoms with Crippen molar-refractivity contribution in [1.29, 1.82) is 0 Å². The minimum absolute atomic E-state index is 0.00155. The average Bonchev–Trinajstić information content (AvgIpc) is 3.23. The van der Waals surface area contributed by atoms with Crippen molar-refractivity contribution in [3.63, 3.8) is 0 Å². The van der Waals surface area contributed by atoms with E-state index in [0.717, 1.165) is 64.2 Å². The van der Waals surface area contributed by atoms with E-state index in [2.05, 4.69) is 35.0 Å². The van der Waals surface area contributed by atoms with Gasteiger partial charge in [0.2, 0.25) is 0 Å². The quantitative estimate of drug-likeness (QED) is 0.0123. The van der Waals surface area contributed by atoms with Gasteiger partial charge in [-0.25, -0.2) is 13.7 Å². The Morgan fingerprint density at radius 3 is 1.28 bits per heavy atom. The highest BCUT2D eigenvalue weighted by molar-refractivity contribution is 7.47. The van der Waals surface area contributed by atoms with Gasteiger partial charge >= 0.3 is 35.4 Å². The molecule has 1 rings (SSSR count). The van der Waals surface area contributed by atoms with Gasteiger partial charge in [-0.2, -0.15) is 0 Å². The number of aliphatic hydroxyl groups excluding tert-OH is 3. The second-order valence-corrected chi connectivity index (χ2v) is 20.8. The number of phosphoric ester groups is 3. The van der Waals surface area contributed by atoms with Crippen LogP contribution < -0.4 is 0 Å². The Hall–Kier alpha value is -1.11. The number of hydrogen-bond acceptors (Lipinski definition) is 14. The Morgan fingerprint density at radius 1 is 0.477 bits per heavy atom. The summed E-state index contributed by atoms with van der Waals surface area (Å²) in [6, 6.07) is 0. The van der Waals surface area contributed by atoms with Gasteiger partial charge in [0.25, 0.3) is 0 Å². The van der Waals surface area contributed by atoms with Crippen LogP contribution in [0.25, 0.3) is 0 Å². The van der Waals surface area contributed by atoms with Crippen molar-refractivity contribution in [3.8, 4) is 0 Å². The highest BCUT2D eigenvalue weighted by Crippen LogP contribution is 2.51. The number of rotatable bonds is 41. The predicted molar refractivity (Wildman–Crippen MR) is 243 cm³/mol. The number of unbranched alkanes of at least 4 members (excludes halogenated alkanes) is 23. The lowest BCUT2D eigenvalue weighted by Gasteiger charge is -2.44. The molecule has 1 saturated carbocycles. The molecule has 0 spiro atoms. The van der Waals surface area contributed by atoms with Crippen LogP contribution in [-0.4, -0.2) is 108 Å². The minimum Gasteiger partial charge on any atom is -0.462 e. The molecule has 0 saturated heterocycles.